The van der Waals surface area contributed by atoms with Crippen LogP contribution in [0.1, 0.15) is 25.3 Å². The standard InChI is InChI=1S/C12H16BrNO2/c1-12(11(15)16,7-2-8-14)9-3-5-10(13)6-4-9/h3-6H,2,7-8,14H2,1H3,(H,15,16). The molecule has 0 bridgehead atoms. The van der Waals surface area contributed by atoms with Gasteiger partial charge in [0.25, 0.3) is 0 Å². The molecule has 1 unspecified atom stereocenters. The number of halogens is 1. The summed E-state index contributed by atoms with van der Waals surface area (Å²) in [5, 5.41) is 9.33. The van der Waals surface area contributed by atoms with E-state index in [1.165, 1.54) is 0 Å². The molecule has 1 rings (SSSR count). The minimum Gasteiger partial charge on any atom is -0.481 e. The van der Waals surface area contributed by atoms with Crippen LogP contribution in [0.5, 0.6) is 0 Å². The van der Waals surface area contributed by atoms with E-state index in [9.17, 15) is 9.90 Å². The molecule has 0 aliphatic heterocycles. The van der Waals surface area contributed by atoms with Gasteiger partial charge in [-0.15, -0.1) is 0 Å². The maximum Gasteiger partial charge on any atom is 0.313 e. The summed E-state index contributed by atoms with van der Waals surface area (Å²) >= 11 is 3.33. The second-order valence-corrected chi connectivity index (χ2v) is 4.95. The monoisotopic (exact) mass is 285 g/mol. The summed E-state index contributed by atoms with van der Waals surface area (Å²) in [6.07, 6.45) is 1.26. The van der Waals surface area contributed by atoms with Gasteiger partial charge < -0.3 is 10.8 Å². The average molecular weight is 286 g/mol. The SMILES string of the molecule is CC(CCCN)(C(=O)O)c1ccc(Br)cc1. The largest absolute Gasteiger partial charge is 0.481 e. The van der Waals surface area contributed by atoms with Gasteiger partial charge in [-0.2, -0.15) is 0 Å². The molecule has 0 aliphatic carbocycles. The van der Waals surface area contributed by atoms with Gasteiger partial charge in [0.1, 0.15) is 0 Å². The Morgan fingerprint density at radius 1 is 1.44 bits per heavy atom. The van der Waals surface area contributed by atoms with Crippen LogP contribution in [-0.2, 0) is 10.2 Å². The van der Waals surface area contributed by atoms with Crippen LogP contribution in [-0.4, -0.2) is 17.6 Å². The molecule has 0 amide bonds. The molecule has 1 atom stereocenters. The van der Waals surface area contributed by atoms with E-state index in [-0.39, 0.29) is 0 Å². The molecule has 88 valence electrons. The van der Waals surface area contributed by atoms with E-state index >= 15 is 0 Å². The maximum absolute atomic E-state index is 11.4. The highest BCUT2D eigenvalue weighted by molar-refractivity contribution is 9.10. The number of aliphatic carboxylic acids is 1. The van der Waals surface area contributed by atoms with Crippen LogP contribution in [0, 0.1) is 0 Å². The van der Waals surface area contributed by atoms with E-state index in [4.69, 9.17) is 5.73 Å². The predicted octanol–water partition coefficient (Wildman–Crippen LogP) is 2.53. The molecule has 0 aromatic heterocycles. The van der Waals surface area contributed by atoms with Crippen LogP contribution in [0.25, 0.3) is 0 Å². The quantitative estimate of drug-likeness (QED) is 0.874. The highest BCUT2D eigenvalue weighted by Crippen LogP contribution is 2.30. The van der Waals surface area contributed by atoms with Crippen LogP contribution in [0.15, 0.2) is 28.7 Å². The molecule has 0 fully saturated rings. The van der Waals surface area contributed by atoms with Gasteiger partial charge in [-0.3, -0.25) is 4.79 Å². The number of hydrogen-bond acceptors (Lipinski definition) is 2. The molecule has 3 nitrogen and oxygen atoms in total. The van der Waals surface area contributed by atoms with E-state index in [1.54, 1.807) is 6.92 Å². The second kappa shape index (κ2) is 5.46. The smallest absolute Gasteiger partial charge is 0.313 e. The number of rotatable bonds is 5. The lowest BCUT2D eigenvalue weighted by Gasteiger charge is -2.25. The first-order valence-corrected chi connectivity index (χ1v) is 5.99. The molecule has 1 aromatic carbocycles. The summed E-state index contributed by atoms with van der Waals surface area (Å²) in [7, 11) is 0. The van der Waals surface area contributed by atoms with Gasteiger partial charge in [-0.1, -0.05) is 28.1 Å². The summed E-state index contributed by atoms with van der Waals surface area (Å²) < 4.78 is 0.947. The van der Waals surface area contributed by atoms with Crippen molar-refractivity contribution >= 4 is 21.9 Å². The molecule has 0 saturated carbocycles. The normalized spacial score (nSPS) is 14.4. The Morgan fingerprint density at radius 2 is 2.00 bits per heavy atom. The predicted molar refractivity (Wildman–Crippen MR) is 67.4 cm³/mol. The fourth-order valence-electron chi connectivity index (χ4n) is 1.65. The van der Waals surface area contributed by atoms with Crippen molar-refractivity contribution in [2.24, 2.45) is 5.73 Å². The molecule has 0 saturated heterocycles. The van der Waals surface area contributed by atoms with Crippen molar-refractivity contribution in [1.82, 2.24) is 0 Å². The topological polar surface area (TPSA) is 63.3 Å². The van der Waals surface area contributed by atoms with Crippen molar-refractivity contribution in [3.05, 3.63) is 34.3 Å². The van der Waals surface area contributed by atoms with Crippen LogP contribution in [0.4, 0.5) is 0 Å². The molecule has 1 aromatic rings. The zero-order chi connectivity index (χ0) is 12.2. The first kappa shape index (κ1) is 13.2. The van der Waals surface area contributed by atoms with E-state index < -0.39 is 11.4 Å². The fourth-order valence-corrected chi connectivity index (χ4v) is 1.91. The molecular weight excluding hydrogens is 270 g/mol. The Hall–Kier alpha value is -0.870. The third-order valence-electron chi connectivity index (χ3n) is 2.83. The first-order valence-electron chi connectivity index (χ1n) is 5.20. The van der Waals surface area contributed by atoms with Gasteiger partial charge in [-0.05, 0) is 44.0 Å². The van der Waals surface area contributed by atoms with Gasteiger partial charge in [0.05, 0.1) is 5.41 Å². The molecule has 16 heavy (non-hydrogen) atoms. The summed E-state index contributed by atoms with van der Waals surface area (Å²) in [6.45, 7) is 2.26. The number of carboxylic acid groups (broad SMARTS) is 1. The number of carbonyl (C=O) groups is 1. The molecule has 0 spiro atoms. The average Bonchev–Trinajstić information content (AvgIpc) is 2.26. The van der Waals surface area contributed by atoms with Crippen LogP contribution >= 0.6 is 15.9 Å². The highest BCUT2D eigenvalue weighted by Gasteiger charge is 2.34. The Kier molecular flexibility index (Phi) is 4.50. The van der Waals surface area contributed by atoms with Crippen LogP contribution in [0.3, 0.4) is 0 Å². The Morgan fingerprint density at radius 3 is 2.44 bits per heavy atom. The van der Waals surface area contributed by atoms with Gasteiger partial charge in [0, 0.05) is 4.47 Å². The molecule has 4 heteroatoms. The van der Waals surface area contributed by atoms with Crippen molar-refractivity contribution in [1.29, 1.82) is 0 Å². The van der Waals surface area contributed by atoms with Crippen molar-refractivity contribution in [2.75, 3.05) is 6.54 Å². The summed E-state index contributed by atoms with van der Waals surface area (Å²) in [6, 6.07) is 7.40. The minimum absolute atomic E-state index is 0.513. The molecular formula is C12H16BrNO2. The minimum atomic E-state index is -0.847. The van der Waals surface area contributed by atoms with Crippen molar-refractivity contribution in [3.8, 4) is 0 Å². The van der Waals surface area contributed by atoms with Crippen molar-refractivity contribution < 1.29 is 9.90 Å². The van der Waals surface area contributed by atoms with Gasteiger partial charge in [0.2, 0.25) is 0 Å². The Labute approximate surface area is 104 Å². The molecule has 3 N–H and O–H groups in total. The lowest BCUT2D eigenvalue weighted by molar-refractivity contribution is -0.143. The summed E-state index contributed by atoms with van der Waals surface area (Å²) in [4.78, 5) is 11.4. The van der Waals surface area contributed by atoms with Gasteiger partial charge in [-0.25, -0.2) is 0 Å². The lowest BCUT2D eigenvalue weighted by Crippen LogP contribution is -2.33. The molecule has 0 aliphatic rings. The molecule has 0 heterocycles. The Bertz CT molecular complexity index is 364. The third kappa shape index (κ3) is 2.83. The number of nitrogens with two attached hydrogens (primary N) is 1. The van der Waals surface area contributed by atoms with Gasteiger partial charge >= 0.3 is 5.97 Å². The van der Waals surface area contributed by atoms with Crippen molar-refractivity contribution in [3.63, 3.8) is 0 Å². The maximum atomic E-state index is 11.4. The molecule has 0 radical (unpaired) electrons. The fraction of sp³-hybridized carbons (Fsp3) is 0.417. The first-order chi connectivity index (χ1) is 7.50. The zero-order valence-corrected chi connectivity index (χ0v) is 10.8. The zero-order valence-electron chi connectivity index (χ0n) is 9.24. The number of hydrogen-bond donors (Lipinski definition) is 2. The second-order valence-electron chi connectivity index (χ2n) is 4.04. The van der Waals surface area contributed by atoms with E-state index in [0.717, 1.165) is 10.0 Å². The third-order valence-corrected chi connectivity index (χ3v) is 3.36. The number of benzene rings is 1. The van der Waals surface area contributed by atoms with Gasteiger partial charge in [0.15, 0.2) is 0 Å². The van der Waals surface area contributed by atoms with Crippen LogP contribution < -0.4 is 5.73 Å². The van der Waals surface area contributed by atoms with E-state index in [2.05, 4.69) is 15.9 Å². The summed E-state index contributed by atoms with van der Waals surface area (Å²) in [5.41, 5.74) is 5.41. The summed E-state index contributed by atoms with van der Waals surface area (Å²) in [5.74, 6) is -0.803. The number of carboxylic acids is 1. The Balaban J connectivity index is 3.01. The van der Waals surface area contributed by atoms with E-state index in [1.807, 2.05) is 24.3 Å². The van der Waals surface area contributed by atoms with Crippen LogP contribution in [0.2, 0.25) is 0 Å². The highest BCUT2D eigenvalue weighted by atomic mass is 79.9. The van der Waals surface area contributed by atoms with E-state index in [0.29, 0.717) is 19.4 Å². The van der Waals surface area contributed by atoms with Crippen molar-refractivity contribution in [2.45, 2.75) is 25.2 Å². The lowest BCUT2D eigenvalue weighted by atomic mass is 9.78.